The number of methoxy groups -OCH3 is 1. The standard InChI is InChI=1S/C14H20ClNO2/c1-10-7-11(2)12(13(8-10)18-4)5-6-16(3)14(17)9-15/h7-8H,5-6,9H2,1-4H3. The van der Waals surface area contributed by atoms with E-state index in [4.69, 9.17) is 16.3 Å². The van der Waals surface area contributed by atoms with Crippen LogP contribution in [-0.2, 0) is 11.2 Å². The maximum absolute atomic E-state index is 11.4. The van der Waals surface area contributed by atoms with Gasteiger partial charge in [-0.15, -0.1) is 11.6 Å². The lowest BCUT2D eigenvalue weighted by Crippen LogP contribution is -2.29. The molecular weight excluding hydrogens is 250 g/mol. The van der Waals surface area contributed by atoms with E-state index in [0.29, 0.717) is 6.54 Å². The van der Waals surface area contributed by atoms with Gasteiger partial charge in [-0.05, 0) is 43.0 Å². The lowest BCUT2D eigenvalue weighted by molar-refractivity contribution is -0.127. The highest BCUT2D eigenvalue weighted by Gasteiger charge is 2.11. The van der Waals surface area contributed by atoms with E-state index < -0.39 is 0 Å². The molecular formula is C14H20ClNO2. The third kappa shape index (κ3) is 3.64. The number of benzene rings is 1. The molecule has 1 aromatic carbocycles. The summed E-state index contributed by atoms with van der Waals surface area (Å²) in [6.07, 6.45) is 0.772. The fourth-order valence-electron chi connectivity index (χ4n) is 1.97. The Kier molecular flexibility index (Phi) is 5.48. The van der Waals surface area contributed by atoms with Gasteiger partial charge in [-0.25, -0.2) is 0 Å². The molecule has 18 heavy (non-hydrogen) atoms. The molecule has 1 amide bonds. The highest BCUT2D eigenvalue weighted by Crippen LogP contribution is 2.24. The van der Waals surface area contributed by atoms with E-state index in [9.17, 15) is 4.79 Å². The smallest absolute Gasteiger partial charge is 0.237 e. The molecule has 0 saturated carbocycles. The molecule has 0 aliphatic carbocycles. The van der Waals surface area contributed by atoms with Gasteiger partial charge in [-0.1, -0.05) is 6.07 Å². The number of amides is 1. The number of nitrogens with zero attached hydrogens (tertiary/aromatic N) is 1. The van der Waals surface area contributed by atoms with Crippen LogP contribution in [0.1, 0.15) is 16.7 Å². The molecule has 0 saturated heterocycles. The highest BCUT2D eigenvalue weighted by molar-refractivity contribution is 6.27. The number of rotatable bonds is 5. The summed E-state index contributed by atoms with van der Waals surface area (Å²) in [6.45, 7) is 4.75. The summed E-state index contributed by atoms with van der Waals surface area (Å²) in [5.74, 6) is 0.861. The molecule has 0 aliphatic heterocycles. The van der Waals surface area contributed by atoms with Gasteiger partial charge in [0.25, 0.3) is 0 Å². The topological polar surface area (TPSA) is 29.5 Å². The third-order valence-corrected chi connectivity index (χ3v) is 3.26. The van der Waals surface area contributed by atoms with E-state index in [1.54, 1.807) is 19.1 Å². The van der Waals surface area contributed by atoms with E-state index in [-0.39, 0.29) is 11.8 Å². The summed E-state index contributed by atoms with van der Waals surface area (Å²) in [5, 5.41) is 0. The summed E-state index contributed by atoms with van der Waals surface area (Å²) >= 11 is 5.52. The van der Waals surface area contributed by atoms with Crippen molar-refractivity contribution in [1.82, 2.24) is 4.90 Å². The third-order valence-electron chi connectivity index (χ3n) is 3.03. The van der Waals surface area contributed by atoms with Crippen LogP contribution < -0.4 is 4.74 Å². The number of hydrogen-bond acceptors (Lipinski definition) is 2. The zero-order valence-corrected chi connectivity index (χ0v) is 12.2. The predicted octanol–water partition coefficient (Wildman–Crippen LogP) is 2.55. The average Bonchev–Trinajstić information content (AvgIpc) is 2.35. The number of halogens is 1. The number of ether oxygens (including phenoxy) is 1. The highest BCUT2D eigenvalue weighted by atomic mass is 35.5. The Morgan fingerprint density at radius 3 is 2.61 bits per heavy atom. The zero-order chi connectivity index (χ0) is 13.7. The van der Waals surface area contributed by atoms with E-state index in [0.717, 1.165) is 17.7 Å². The Labute approximate surface area is 114 Å². The molecule has 0 N–H and O–H groups in total. The van der Waals surface area contributed by atoms with Gasteiger partial charge in [-0.3, -0.25) is 4.79 Å². The van der Waals surface area contributed by atoms with Crippen molar-refractivity contribution in [3.05, 3.63) is 28.8 Å². The van der Waals surface area contributed by atoms with Crippen molar-refractivity contribution >= 4 is 17.5 Å². The first kappa shape index (κ1) is 14.8. The number of hydrogen-bond donors (Lipinski definition) is 0. The van der Waals surface area contributed by atoms with E-state index in [1.807, 2.05) is 13.0 Å². The second-order valence-electron chi connectivity index (χ2n) is 4.46. The number of carbonyl (C=O) groups excluding carboxylic acids is 1. The van der Waals surface area contributed by atoms with Crippen LogP contribution in [0.3, 0.4) is 0 Å². The molecule has 0 radical (unpaired) electrons. The number of alkyl halides is 1. The Hall–Kier alpha value is -1.22. The maximum Gasteiger partial charge on any atom is 0.237 e. The molecule has 0 fully saturated rings. The fourth-order valence-corrected chi connectivity index (χ4v) is 2.17. The van der Waals surface area contributed by atoms with Gasteiger partial charge in [0.1, 0.15) is 11.6 Å². The molecule has 0 aliphatic rings. The van der Waals surface area contributed by atoms with Gasteiger partial charge < -0.3 is 9.64 Å². The monoisotopic (exact) mass is 269 g/mol. The predicted molar refractivity (Wildman–Crippen MR) is 74.5 cm³/mol. The summed E-state index contributed by atoms with van der Waals surface area (Å²) in [5.41, 5.74) is 3.52. The van der Waals surface area contributed by atoms with E-state index >= 15 is 0 Å². The van der Waals surface area contributed by atoms with Gasteiger partial charge in [0.05, 0.1) is 7.11 Å². The summed E-state index contributed by atoms with van der Waals surface area (Å²) in [7, 11) is 3.44. The fraction of sp³-hybridized carbons (Fsp3) is 0.500. The van der Waals surface area contributed by atoms with Crippen molar-refractivity contribution < 1.29 is 9.53 Å². The van der Waals surface area contributed by atoms with Crippen LogP contribution in [0.25, 0.3) is 0 Å². The van der Waals surface area contributed by atoms with Crippen molar-refractivity contribution in [2.24, 2.45) is 0 Å². The van der Waals surface area contributed by atoms with Crippen LogP contribution in [0.4, 0.5) is 0 Å². The molecule has 0 atom stereocenters. The zero-order valence-electron chi connectivity index (χ0n) is 11.4. The van der Waals surface area contributed by atoms with Gasteiger partial charge >= 0.3 is 0 Å². The normalized spacial score (nSPS) is 10.3. The van der Waals surface area contributed by atoms with Crippen molar-refractivity contribution in [2.45, 2.75) is 20.3 Å². The summed E-state index contributed by atoms with van der Waals surface area (Å²) in [4.78, 5) is 13.0. The summed E-state index contributed by atoms with van der Waals surface area (Å²) in [6, 6.07) is 4.15. The maximum atomic E-state index is 11.4. The van der Waals surface area contributed by atoms with Gasteiger partial charge in [-0.2, -0.15) is 0 Å². The van der Waals surface area contributed by atoms with Crippen LogP contribution in [-0.4, -0.2) is 37.4 Å². The lowest BCUT2D eigenvalue weighted by atomic mass is 10.0. The first-order valence-corrected chi connectivity index (χ1v) is 6.47. The molecule has 3 nitrogen and oxygen atoms in total. The Bertz CT molecular complexity index is 432. The van der Waals surface area contributed by atoms with Crippen LogP contribution >= 0.6 is 11.6 Å². The van der Waals surface area contributed by atoms with E-state index in [1.165, 1.54) is 11.1 Å². The molecule has 0 unspecified atom stereocenters. The van der Waals surface area contributed by atoms with Gasteiger partial charge in [0, 0.05) is 13.6 Å². The first-order valence-electron chi connectivity index (χ1n) is 5.93. The SMILES string of the molecule is COc1cc(C)cc(C)c1CCN(C)C(=O)CCl. The quantitative estimate of drug-likeness (QED) is 0.769. The second kappa shape index (κ2) is 6.64. The Morgan fingerprint density at radius 1 is 1.39 bits per heavy atom. The molecule has 0 bridgehead atoms. The van der Waals surface area contributed by atoms with Crippen LogP contribution in [0.15, 0.2) is 12.1 Å². The molecule has 0 aromatic heterocycles. The molecule has 0 heterocycles. The van der Waals surface area contributed by atoms with Crippen molar-refractivity contribution in [3.8, 4) is 5.75 Å². The second-order valence-corrected chi connectivity index (χ2v) is 4.73. The molecule has 1 aromatic rings. The lowest BCUT2D eigenvalue weighted by Gasteiger charge is -2.18. The molecule has 4 heteroatoms. The molecule has 100 valence electrons. The average molecular weight is 270 g/mol. The van der Waals surface area contributed by atoms with Crippen LogP contribution in [0, 0.1) is 13.8 Å². The van der Waals surface area contributed by atoms with Crippen molar-refractivity contribution in [1.29, 1.82) is 0 Å². The largest absolute Gasteiger partial charge is 0.496 e. The van der Waals surface area contributed by atoms with Gasteiger partial charge in [0.2, 0.25) is 5.91 Å². The summed E-state index contributed by atoms with van der Waals surface area (Å²) < 4.78 is 5.40. The van der Waals surface area contributed by atoms with Crippen molar-refractivity contribution in [2.75, 3.05) is 26.6 Å². The number of aryl methyl sites for hydroxylation is 2. The Morgan fingerprint density at radius 2 is 2.06 bits per heavy atom. The minimum absolute atomic E-state index is 0.0283. The Balaban J connectivity index is 2.81. The van der Waals surface area contributed by atoms with Crippen LogP contribution in [0.5, 0.6) is 5.75 Å². The molecule has 0 spiro atoms. The minimum Gasteiger partial charge on any atom is -0.496 e. The number of carbonyl (C=O) groups is 1. The minimum atomic E-state index is -0.0552. The molecule has 1 rings (SSSR count). The first-order chi connectivity index (χ1) is 8.49. The number of likely N-dealkylation sites (N-methyl/N-ethyl adjacent to an activating group) is 1. The van der Waals surface area contributed by atoms with Crippen LogP contribution in [0.2, 0.25) is 0 Å². The van der Waals surface area contributed by atoms with Gasteiger partial charge in [0.15, 0.2) is 0 Å². The van der Waals surface area contributed by atoms with E-state index in [2.05, 4.69) is 13.0 Å². The van der Waals surface area contributed by atoms with Crippen molar-refractivity contribution in [3.63, 3.8) is 0 Å².